The Morgan fingerprint density at radius 2 is 2.07 bits per heavy atom. The number of carbonyl (C=O) groups is 2. The average molecular weight is 191 g/mol. The molecule has 2 N–H and O–H groups in total. The van der Waals surface area contributed by atoms with Crippen LogP contribution in [0.3, 0.4) is 0 Å². The van der Waals surface area contributed by atoms with Gasteiger partial charge in [0.15, 0.2) is 5.78 Å². The molecular weight excluding hydrogens is 182 g/mol. The number of aliphatic hydroxyl groups is 1. The Hall–Kier alpha value is -1.68. The summed E-state index contributed by atoms with van der Waals surface area (Å²) in [5.41, 5.74) is -1.18. The number of hydrogen-bond donors (Lipinski definition) is 2. The molecule has 4 heteroatoms. The molecule has 0 spiro atoms. The highest BCUT2D eigenvalue weighted by Crippen LogP contribution is 2.35. The SMILES string of the molecule is CC(=O)[C@@]1(O)C(=O)Nc2ccccc21. The zero-order valence-corrected chi connectivity index (χ0v) is 7.57. The van der Waals surface area contributed by atoms with Crippen molar-refractivity contribution in [1.82, 2.24) is 0 Å². The van der Waals surface area contributed by atoms with Crippen LogP contribution in [0.15, 0.2) is 24.3 Å². The Morgan fingerprint density at radius 1 is 1.43 bits per heavy atom. The standard InChI is InChI=1S/C10H9NO3/c1-6(12)10(14)7-4-2-3-5-8(7)11-9(10)13/h2-5,14H,1H3,(H,11,13)/t10-/m0/s1. The summed E-state index contributed by atoms with van der Waals surface area (Å²) < 4.78 is 0. The number of para-hydroxylation sites is 1. The molecule has 0 aliphatic carbocycles. The molecule has 1 aliphatic rings. The van der Waals surface area contributed by atoms with Gasteiger partial charge in [-0.05, 0) is 13.0 Å². The molecule has 1 aromatic rings. The number of Topliss-reactive ketones (excluding diaryl/α,β-unsaturated/α-hetero) is 1. The third kappa shape index (κ3) is 0.914. The van der Waals surface area contributed by atoms with Crippen molar-refractivity contribution < 1.29 is 14.7 Å². The van der Waals surface area contributed by atoms with Crippen molar-refractivity contribution in [2.75, 3.05) is 5.32 Å². The van der Waals surface area contributed by atoms with E-state index in [0.717, 1.165) is 0 Å². The van der Waals surface area contributed by atoms with Crippen LogP contribution in [-0.2, 0) is 15.2 Å². The van der Waals surface area contributed by atoms with Crippen LogP contribution in [0.5, 0.6) is 0 Å². The van der Waals surface area contributed by atoms with E-state index in [2.05, 4.69) is 5.32 Å². The van der Waals surface area contributed by atoms with Gasteiger partial charge < -0.3 is 10.4 Å². The number of rotatable bonds is 1. The first-order valence-electron chi connectivity index (χ1n) is 4.21. The molecule has 0 saturated carbocycles. The van der Waals surface area contributed by atoms with Gasteiger partial charge in [0.25, 0.3) is 5.91 Å². The molecule has 1 aliphatic heterocycles. The molecule has 1 amide bonds. The van der Waals surface area contributed by atoms with E-state index in [1.807, 2.05) is 0 Å². The molecule has 72 valence electrons. The first-order chi connectivity index (χ1) is 6.56. The summed E-state index contributed by atoms with van der Waals surface area (Å²) in [6, 6.07) is 6.61. The Balaban J connectivity index is 2.66. The molecule has 4 nitrogen and oxygen atoms in total. The average Bonchev–Trinajstić information content (AvgIpc) is 2.41. The molecule has 1 heterocycles. The summed E-state index contributed by atoms with van der Waals surface area (Å²) in [5.74, 6) is -1.24. The largest absolute Gasteiger partial charge is 0.369 e. The zero-order chi connectivity index (χ0) is 10.3. The van der Waals surface area contributed by atoms with Gasteiger partial charge in [-0.1, -0.05) is 18.2 Å². The monoisotopic (exact) mass is 191 g/mol. The first-order valence-corrected chi connectivity index (χ1v) is 4.21. The molecule has 0 fully saturated rings. The van der Waals surface area contributed by atoms with E-state index in [4.69, 9.17) is 0 Å². The molecule has 0 bridgehead atoms. The molecule has 1 atom stereocenters. The number of benzene rings is 1. The second kappa shape index (κ2) is 2.65. The van der Waals surface area contributed by atoms with Gasteiger partial charge in [0, 0.05) is 11.3 Å². The first kappa shape index (κ1) is 8.90. The molecule has 0 aromatic heterocycles. The smallest absolute Gasteiger partial charge is 0.269 e. The van der Waals surface area contributed by atoms with Crippen molar-refractivity contribution in [3.05, 3.63) is 29.8 Å². The fourth-order valence-corrected chi connectivity index (χ4v) is 1.59. The second-order valence-electron chi connectivity index (χ2n) is 3.27. The predicted octanol–water partition coefficient (Wildman–Crippen LogP) is 0.415. The number of nitrogens with one attached hydrogen (secondary N) is 1. The molecule has 0 radical (unpaired) electrons. The number of ketones is 1. The minimum absolute atomic E-state index is 0.331. The molecule has 14 heavy (non-hydrogen) atoms. The predicted molar refractivity (Wildman–Crippen MR) is 49.6 cm³/mol. The highest BCUT2D eigenvalue weighted by atomic mass is 16.3. The molecular formula is C10H9NO3. The van der Waals surface area contributed by atoms with Gasteiger partial charge >= 0.3 is 0 Å². The highest BCUT2D eigenvalue weighted by molar-refractivity contribution is 6.18. The fourth-order valence-electron chi connectivity index (χ4n) is 1.59. The molecule has 1 aromatic carbocycles. The van der Waals surface area contributed by atoms with Crippen LogP contribution in [-0.4, -0.2) is 16.8 Å². The third-order valence-electron chi connectivity index (χ3n) is 2.40. The Bertz CT molecular complexity index is 427. The van der Waals surface area contributed by atoms with E-state index in [1.54, 1.807) is 24.3 Å². The van der Waals surface area contributed by atoms with Crippen LogP contribution in [0, 0.1) is 0 Å². The van der Waals surface area contributed by atoms with Crippen molar-refractivity contribution in [1.29, 1.82) is 0 Å². The maximum atomic E-state index is 11.4. The summed E-state index contributed by atoms with van der Waals surface area (Å²) in [6.45, 7) is 1.20. The van der Waals surface area contributed by atoms with Gasteiger partial charge in [-0.15, -0.1) is 0 Å². The lowest BCUT2D eigenvalue weighted by atomic mass is 9.92. The van der Waals surface area contributed by atoms with Gasteiger partial charge in [0.1, 0.15) is 0 Å². The Morgan fingerprint density at radius 3 is 2.71 bits per heavy atom. The van der Waals surface area contributed by atoms with E-state index in [-0.39, 0.29) is 0 Å². The van der Waals surface area contributed by atoms with E-state index in [0.29, 0.717) is 11.3 Å². The minimum atomic E-state index is -2.00. The summed E-state index contributed by atoms with van der Waals surface area (Å²) in [7, 11) is 0. The van der Waals surface area contributed by atoms with Crippen LogP contribution in [0.4, 0.5) is 5.69 Å². The van der Waals surface area contributed by atoms with Crippen molar-refractivity contribution in [2.45, 2.75) is 12.5 Å². The quantitative estimate of drug-likeness (QED) is 0.632. The van der Waals surface area contributed by atoms with E-state index >= 15 is 0 Å². The van der Waals surface area contributed by atoms with Crippen LogP contribution in [0.1, 0.15) is 12.5 Å². The van der Waals surface area contributed by atoms with Gasteiger partial charge in [0.05, 0.1) is 0 Å². The van der Waals surface area contributed by atoms with Crippen molar-refractivity contribution >= 4 is 17.4 Å². The fraction of sp³-hybridized carbons (Fsp3) is 0.200. The topological polar surface area (TPSA) is 66.4 Å². The number of hydrogen-bond acceptors (Lipinski definition) is 3. The Kier molecular flexibility index (Phi) is 1.69. The summed E-state index contributed by atoms with van der Waals surface area (Å²) >= 11 is 0. The summed E-state index contributed by atoms with van der Waals surface area (Å²) in [5, 5.41) is 12.4. The maximum absolute atomic E-state index is 11.4. The Labute approximate surface area is 80.6 Å². The number of carbonyl (C=O) groups excluding carboxylic acids is 2. The van der Waals surface area contributed by atoms with E-state index in [1.165, 1.54) is 6.92 Å². The van der Waals surface area contributed by atoms with Crippen LogP contribution in [0.25, 0.3) is 0 Å². The second-order valence-corrected chi connectivity index (χ2v) is 3.27. The molecule has 0 unspecified atom stereocenters. The number of anilines is 1. The highest BCUT2D eigenvalue weighted by Gasteiger charge is 2.49. The third-order valence-corrected chi connectivity index (χ3v) is 2.40. The summed E-state index contributed by atoms with van der Waals surface area (Å²) in [4.78, 5) is 22.6. The van der Waals surface area contributed by atoms with Gasteiger partial charge in [-0.2, -0.15) is 0 Å². The lowest BCUT2D eigenvalue weighted by Crippen LogP contribution is -2.40. The van der Waals surface area contributed by atoms with Crippen LogP contribution in [0.2, 0.25) is 0 Å². The lowest BCUT2D eigenvalue weighted by Gasteiger charge is -2.16. The van der Waals surface area contributed by atoms with Crippen molar-refractivity contribution in [2.24, 2.45) is 0 Å². The van der Waals surface area contributed by atoms with Crippen LogP contribution < -0.4 is 5.32 Å². The molecule has 0 saturated heterocycles. The molecule has 2 rings (SSSR count). The van der Waals surface area contributed by atoms with Crippen molar-refractivity contribution in [3.8, 4) is 0 Å². The minimum Gasteiger partial charge on any atom is -0.369 e. The van der Waals surface area contributed by atoms with E-state index < -0.39 is 17.3 Å². The van der Waals surface area contributed by atoms with Gasteiger partial charge in [-0.3, -0.25) is 9.59 Å². The maximum Gasteiger partial charge on any atom is 0.269 e. The zero-order valence-electron chi connectivity index (χ0n) is 7.57. The summed E-state index contributed by atoms with van der Waals surface area (Å²) in [6.07, 6.45) is 0. The van der Waals surface area contributed by atoms with Gasteiger partial charge in [0.2, 0.25) is 5.60 Å². The number of amides is 1. The normalized spacial score (nSPS) is 24.3. The lowest BCUT2D eigenvalue weighted by molar-refractivity contribution is -0.147. The van der Waals surface area contributed by atoms with Crippen molar-refractivity contribution in [3.63, 3.8) is 0 Å². The van der Waals surface area contributed by atoms with Gasteiger partial charge in [-0.25, -0.2) is 0 Å². The van der Waals surface area contributed by atoms with Crippen LogP contribution >= 0.6 is 0 Å². The van der Waals surface area contributed by atoms with E-state index in [9.17, 15) is 14.7 Å². The number of fused-ring (bicyclic) bond motifs is 1.